The molecule has 0 saturated heterocycles. The number of aromatic nitrogens is 2. The highest BCUT2D eigenvalue weighted by Crippen LogP contribution is 2.08. The lowest BCUT2D eigenvalue weighted by Crippen LogP contribution is -2.25. The van der Waals surface area contributed by atoms with Gasteiger partial charge in [-0.05, 0) is 37.8 Å². The summed E-state index contributed by atoms with van der Waals surface area (Å²) in [6.45, 7) is 7.64. The second-order valence-electron chi connectivity index (χ2n) is 5.45. The quantitative estimate of drug-likeness (QED) is 0.846. The van der Waals surface area contributed by atoms with Crippen LogP contribution < -0.4 is 5.32 Å². The summed E-state index contributed by atoms with van der Waals surface area (Å²) in [6.07, 6.45) is 6.63. The van der Waals surface area contributed by atoms with Gasteiger partial charge in [0.2, 0.25) is 0 Å². The Balaban J connectivity index is 1.86. The average Bonchev–Trinajstić information content (AvgIpc) is 2.76. The van der Waals surface area contributed by atoms with Crippen LogP contribution in [-0.2, 0) is 6.54 Å². The molecule has 0 aliphatic carbocycles. The summed E-state index contributed by atoms with van der Waals surface area (Å²) in [5.41, 5.74) is 2.13. The minimum absolute atomic E-state index is 0.553. The SMILES string of the molecule is CC(C)CCC(C)NCc1cn2ccccc2n1. The highest BCUT2D eigenvalue weighted by Gasteiger charge is 2.05. The first-order valence-electron chi connectivity index (χ1n) is 6.81. The Labute approximate surface area is 109 Å². The van der Waals surface area contributed by atoms with E-state index in [2.05, 4.69) is 41.7 Å². The maximum Gasteiger partial charge on any atom is 0.137 e. The van der Waals surface area contributed by atoms with Gasteiger partial charge in [-0.3, -0.25) is 0 Å². The third-order valence-electron chi connectivity index (χ3n) is 3.22. The van der Waals surface area contributed by atoms with Gasteiger partial charge in [0.15, 0.2) is 0 Å². The van der Waals surface area contributed by atoms with Crippen molar-refractivity contribution in [2.45, 2.75) is 46.2 Å². The standard InChI is InChI=1S/C15H23N3/c1-12(2)7-8-13(3)16-10-14-11-18-9-5-4-6-15(18)17-14/h4-6,9,11-13,16H,7-8,10H2,1-3H3. The summed E-state index contributed by atoms with van der Waals surface area (Å²) in [4.78, 5) is 4.58. The van der Waals surface area contributed by atoms with Crippen LogP contribution in [0.5, 0.6) is 0 Å². The van der Waals surface area contributed by atoms with E-state index in [9.17, 15) is 0 Å². The van der Waals surface area contributed by atoms with Crippen LogP contribution in [0.4, 0.5) is 0 Å². The van der Waals surface area contributed by atoms with Crippen LogP contribution in [0.3, 0.4) is 0 Å². The number of rotatable bonds is 6. The topological polar surface area (TPSA) is 29.3 Å². The van der Waals surface area contributed by atoms with Crippen LogP contribution in [0, 0.1) is 5.92 Å². The summed E-state index contributed by atoms with van der Waals surface area (Å²) in [5.74, 6) is 0.782. The zero-order valence-corrected chi connectivity index (χ0v) is 11.6. The Kier molecular flexibility index (Phi) is 4.37. The van der Waals surface area contributed by atoms with Gasteiger partial charge in [-0.1, -0.05) is 19.9 Å². The van der Waals surface area contributed by atoms with Gasteiger partial charge in [-0.25, -0.2) is 4.98 Å². The molecule has 98 valence electrons. The van der Waals surface area contributed by atoms with Gasteiger partial charge in [-0.15, -0.1) is 0 Å². The molecule has 0 fully saturated rings. The van der Waals surface area contributed by atoms with Gasteiger partial charge in [0.05, 0.1) is 5.69 Å². The van der Waals surface area contributed by atoms with E-state index in [4.69, 9.17) is 0 Å². The fourth-order valence-electron chi connectivity index (χ4n) is 2.04. The van der Waals surface area contributed by atoms with E-state index >= 15 is 0 Å². The number of hydrogen-bond acceptors (Lipinski definition) is 2. The Morgan fingerprint density at radius 3 is 2.78 bits per heavy atom. The first-order valence-corrected chi connectivity index (χ1v) is 6.81. The molecule has 0 aromatic carbocycles. The van der Waals surface area contributed by atoms with Gasteiger partial charge in [0.25, 0.3) is 0 Å². The van der Waals surface area contributed by atoms with Crippen LogP contribution in [0.25, 0.3) is 5.65 Å². The monoisotopic (exact) mass is 245 g/mol. The van der Waals surface area contributed by atoms with Crippen LogP contribution in [0.1, 0.15) is 39.3 Å². The number of fused-ring (bicyclic) bond motifs is 1. The van der Waals surface area contributed by atoms with Crippen LogP contribution >= 0.6 is 0 Å². The van der Waals surface area contributed by atoms with E-state index in [1.807, 2.05) is 24.4 Å². The van der Waals surface area contributed by atoms with Crippen LogP contribution in [-0.4, -0.2) is 15.4 Å². The molecule has 2 aromatic rings. The molecule has 0 bridgehead atoms. The maximum atomic E-state index is 4.58. The van der Waals surface area contributed by atoms with Crippen molar-refractivity contribution < 1.29 is 0 Å². The molecule has 2 aromatic heterocycles. The van der Waals surface area contributed by atoms with E-state index in [1.54, 1.807) is 0 Å². The van der Waals surface area contributed by atoms with E-state index in [0.29, 0.717) is 6.04 Å². The summed E-state index contributed by atoms with van der Waals surface area (Å²) in [6, 6.07) is 6.63. The van der Waals surface area contributed by atoms with Crippen molar-refractivity contribution in [2.75, 3.05) is 0 Å². The molecular formula is C15H23N3. The number of hydrogen-bond donors (Lipinski definition) is 1. The summed E-state index contributed by atoms with van der Waals surface area (Å²) in [7, 11) is 0. The molecule has 1 unspecified atom stereocenters. The second kappa shape index (κ2) is 6.01. The third-order valence-corrected chi connectivity index (χ3v) is 3.22. The maximum absolute atomic E-state index is 4.58. The van der Waals surface area contributed by atoms with Gasteiger partial charge < -0.3 is 9.72 Å². The molecule has 0 aliphatic rings. The number of pyridine rings is 1. The molecule has 3 nitrogen and oxygen atoms in total. The Morgan fingerprint density at radius 1 is 1.22 bits per heavy atom. The van der Waals surface area contributed by atoms with Crippen molar-refractivity contribution in [3.05, 3.63) is 36.3 Å². The van der Waals surface area contributed by atoms with Gasteiger partial charge in [0.1, 0.15) is 5.65 Å². The largest absolute Gasteiger partial charge is 0.309 e. The average molecular weight is 245 g/mol. The van der Waals surface area contributed by atoms with E-state index in [1.165, 1.54) is 12.8 Å². The first kappa shape index (κ1) is 13.1. The third kappa shape index (κ3) is 3.57. The number of imidazole rings is 1. The molecule has 18 heavy (non-hydrogen) atoms. The normalized spacial score (nSPS) is 13.3. The number of nitrogens with zero attached hydrogens (tertiary/aromatic N) is 2. The van der Waals surface area contributed by atoms with Crippen molar-refractivity contribution >= 4 is 5.65 Å². The molecule has 1 atom stereocenters. The smallest absolute Gasteiger partial charge is 0.137 e. The lowest BCUT2D eigenvalue weighted by Gasteiger charge is -2.13. The zero-order valence-electron chi connectivity index (χ0n) is 11.6. The van der Waals surface area contributed by atoms with Crippen LogP contribution in [0.2, 0.25) is 0 Å². The predicted molar refractivity (Wildman–Crippen MR) is 75.6 cm³/mol. The Morgan fingerprint density at radius 2 is 2.06 bits per heavy atom. The van der Waals surface area contributed by atoms with Gasteiger partial charge in [-0.2, -0.15) is 0 Å². The molecule has 0 radical (unpaired) electrons. The second-order valence-corrected chi connectivity index (χ2v) is 5.45. The van der Waals surface area contributed by atoms with E-state index in [0.717, 1.165) is 23.8 Å². The summed E-state index contributed by atoms with van der Waals surface area (Å²) < 4.78 is 2.07. The molecule has 0 spiro atoms. The predicted octanol–water partition coefficient (Wildman–Crippen LogP) is 3.25. The molecule has 0 aliphatic heterocycles. The van der Waals surface area contributed by atoms with E-state index in [-0.39, 0.29) is 0 Å². The highest BCUT2D eigenvalue weighted by atomic mass is 15.0. The van der Waals surface area contributed by atoms with Crippen molar-refractivity contribution in [3.8, 4) is 0 Å². The molecule has 3 heteroatoms. The van der Waals surface area contributed by atoms with Crippen LogP contribution in [0.15, 0.2) is 30.6 Å². The zero-order chi connectivity index (χ0) is 13.0. The molecule has 1 N–H and O–H groups in total. The Hall–Kier alpha value is -1.35. The minimum Gasteiger partial charge on any atom is -0.309 e. The van der Waals surface area contributed by atoms with Crippen molar-refractivity contribution in [2.24, 2.45) is 5.92 Å². The lowest BCUT2D eigenvalue weighted by molar-refractivity contribution is 0.449. The van der Waals surface area contributed by atoms with Crippen molar-refractivity contribution in [1.82, 2.24) is 14.7 Å². The fraction of sp³-hybridized carbons (Fsp3) is 0.533. The first-order chi connectivity index (χ1) is 8.65. The molecule has 2 heterocycles. The minimum atomic E-state index is 0.553. The fourth-order valence-corrected chi connectivity index (χ4v) is 2.04. The highest BCUT2D eigenvalue weighted by molar-refractivity contribution is 5.39. The van der Waals surface area contributed by atoms with Gasteiger partial charge >= 0.3 is 0 Å². The molecular weight excluding hydrogens is 222 g/mol. The summed E-state index contributed by atoms with van der Waals surface area (Å²) >= 11 is 0. The molecule has 2 rings (SSSR count). The Bertz CT molecular complexity index is 454. The number of nitrogens with one attached hydrogen (secondary N) is 1. The van der Waals surface area contributed by atoms with Gasteiger partial charge in [0, 0.05) is 25.0 Å². The van der Waals surface area contributed by atoms with Crippen molar-refractivity contribution in [3.63, 3.8) is 0 Å². The van der Waals surface area contributed by atoms with E-state index < -0.39 is 0 Å². The molecule has 0 amide bonds. The van der Waals surface area contributed by atoms with Crippen molar-refractivity contribution in [1.29, 1.82) is 0 Å². The summed E-state index contributed by atoms with van der Waals surface area (Å²) in [5, 5.41) is 3.54. The molecule has 0 saturated carbocycles. The lowest BCUT2D eigenvalue weighted by atomic mass is 10.0.